The Kier molecular flexibility index (Phi) is 8.00. The van der Waals surface area contributed by atoms with Crippen molar-refractivity contribution in [2.24, 2.45) is 0 Å². The van der Waals surface area contributed by atoms with E-state index in [1.807, 2.05) is 17.5 Å². The average molecular weight is 428 g/mol. The number of halogens is 1. The maximum Gasteiger partial charge on any atom is 0.251 e. The first-order chi connectivity index (χ1) is 12.5. The highest BCUT2D eigenvalue weighted by atomic mass is 35.5. The van der Waals surface area contributed by atoms with Gasteiger partial charge in [0.25, 0.3) is 5.91 Å². The summed E-state index contributed by atoms with van der Waals surface area (Å²) in [5, 5.41) is 7.99. The zero-order valence-electron chi connectivity index (χ0n) is 14.6. The number of benzene rings is 1. The van der Waals surface area contributed by atoms with Gasteiger partial charge in [0.15, 0.2) is 0 Å². The molecule has 0 saturated heterocycles. The summed E-state index contributed by atoms with van der Waals surface area (Å²) in [6.07, 6.45) is 3.01. The third-order valence-electron chi connectivity index (χ3n) is 4.08. The van der Waals surface area contributed by atoms with E-state index in [0.717, 1.165) is 24.4 Å². The summed E-state index contributed by atoms with van der Waals surface area (Å²) in [6.45, 7) is 2.53. The van der Waals surface area contributed by atoms with E-state index < -0.39 is 10.0 Å². The summed E-state index contributed by atoms with van der Waals surface area (Å²) in [5.41, 5.74) is 1.64. The topological polar surface area (TPSA) is 87.3 Å². The fraction of sp³-hybridized carbons (Fsp3) is 0.278. The van der Waals surface area contributed by atoms with Gasteiger partial charge in [0.1, 0.15) is 0 Å². The van der Waals surface area contributed by atoms with E-state index in [9.17, 15) is 13.2 Å². The van der Waals surface area contributed by atoms with Gasteiger partial charge in [-0.15, -0.1) is 23.7 Å². The molecular weight excluding hydrogens is 406 g/mol. The molecule has 27 heavy (non-hydrogen) atoms. The van der Waals surface area contributed by atoms with Gasteiger partial charge >= 0.3 is 0 Å². The second-order valence-corrected chi connectivity index (χ2v) is 8.73. The molecule has 3 N–H and O–H groups in total. The second-order valence-electron chi connectivity index (χ2n) is 5.93. The van der Waals surface area contributed by atoms with Crippen LogP contribution in [0.15, 0.2) is 58.3 Å². The van der Waals surface area contributed by atoms with Crippen LogP contribution in [0.25, 0.3) is 0 Å². The fourth-order valence-electron chi connectivity index (χ4n) is 2.57. The Morgan fingerprint density at radius 3 is 2.56 bits per heavy atom. The van der Waals surface area contributed by atoms with Crippen molar-refractivity contribution in [1.82, 2.24) is 15.4 Å². The van der Waals surface area contributed by atoms with E-state index in [0.29, 0.717) is 12.1 Å². The molecule has 9 heteroatoms. The van der Waals surface area contributed by atoms with E-state index in [2.05, 4.69) is 21.4 Å². The minimum atomic E-state index is -3.60. The zero-order valence-corrected chi connectivity index (χ0v) is 17.1. The molecule has 1 aromatic heterocycles. The molecule has 2 heterocycles. The largest absolute Gasteiger partial charge is 0.348 e. The minimum Gasteiger partial charge on any atom is -0.348 e. The lowest BCUT2D eigenvalue weighted by atomic mass is 10.1. The number of carbonyl (C=O) groups is 1. The van der Waals surface area contributed by atoms with Gasteiger partial charge in [0.2, 0.25) is 10.0 Å². The molecule has 2 aromatic rings. The number of rotatable bonds is 7. The van der Waals surface area contributed by atoms with Gasteiger partial charge in [-0.1, -0.05) is 17.7 Å². The number of hydrogen-bond acceptors (Lipinski definition) is 5. The van der Waals surface area contributed by atoms with E-state index in [-0.39, 0.29) is 29.8 Å². The SMILES string of the molecule is Cl.O=C(NCC1=CCNCC1)c1ccc(S(=O)(=O)NCc2cccs2)cc1. The van der Waals surface area contributed by atoms with Gasteiger partial charge in [-0.05, 0) is 48.7 Å². The average Bonchev–Trinajstić information content (AvgIpc) is 3.19. The molecule has 0 radical (unpaired) electrons. The number of hydrogen-bond donors (Lipinski definition) is 3. The zero-order chi connectivity index (χ0) is 18.4. The molecule has 6 nitrogen and oxygen atoms in total. The predicted molar refractivity (Wildman–Crippen MR) is 110 cm³/mol. The van der Waals surface area contributed by atoms with Gasteiger partial charge in [0.05, 0.1) is 4.90 Å². The van der Waals surface area contributed by atoms with Gasteiger partial charge < -0.3 is 10.6 Å². The van der Waals surface area contributed by atoms with Crippen LogP contribution in [-0.2, 0) is 16.6 Å². The number of amides is 1. The van der Waals surface area contributed by atoms with Crippen LogP contribution in [0, 0.1) is 0 Å². The molecule has 1 aliphatic heterocycles. The first-order valence-corrected chi connectivity index (χ1v) is 10.7. The minimum absolute atomic E-state index is 0. The van der Waals surface area contributed by atoms with Crippen molar-refractivity contribution in [3.05, 3.63) is 63.9 Å². The third-order valence-corrected chi connectivity index (χ3v) is 6.37. The van der Waals surface area contributed by atoms with Crippen molar-refractivity contribution in [2.75, 3.05) is 19.6 Å². The molecule has 0 fully saturated rings. The molecule has 0 spiro atoms. The Morgan fingerprint density at radius 2 is 1.93 bits per heavy atom. The van der Waals surface area contributed by atoms with E-state index in [4.69, 9.17) is 0 Å². The molecule has 0 bridgehead atoms. The second kappa shape index (κ2) is 10.0. The molecule has 1 aliphatic rings. The Balaban J connectivity index is 0.00000261. The van der Waals surface area contributed by atoms with Crippen LogP contribution < -0.4 is 15.4 Å². The molecule has 0 aliphatic carbocycles. The highest BCUT2D eigenvalue weighted by molar-refractivity contribution is 7.89. The third kappa shape index (κ3) is 6.15. The van der Waals surface area contributed by atoms with Crippen LogP contribution in [0.4, 0.5) is 0 Å². The summed E-state index contributed by atoms with van der Waals surface area (Å²) in [5.74, 6) is -0.208. The van der Waals surface area contributed by atoms with Crippen molar-refractivity contribution in [2.45, 2.75) is 17.9 Å². The first kappa shape index (κ1) is 21.6. The Morgan fingerprint density at radius 1 is 1.15 bits per heavy atom. The molecule has 0 atom stereocenters. The lowest BCUT2D eigenvalue weighted by Gasteiger charge is -2.14. The highest BCUT2D eigenvalue weighted by Crippen LogP contribution is 2.13. The smallest absolute Gasteiger partial charge is 0.251 e. The molecule has 0 unspecified atom stereocenters. The maximum absolute atomic E-state index is 12.3. The van der Waals surface area contributed by atoms with Crippen LogP contribution in [0.3, 0.4) is 0 Å². The highest BCUT2D eigenvalue weighted by Gasteiger charge is 2.15. The Hall–Kier alpha value is -1.71. The summed E-state index contributed by atoms with van der Waals surface area (Å²) < 4.78 is 27.2. The lowest BCUT2D eigenvalue weighted by Crippen LogP contribution is -2.29. The van der Waals surface area contributed by atoms with Crippen molar-refractivity contribution in [1.29, 1.82) is 0 Å². The van der Waals surface area contributed by atoms with Crippen LogP contribution in [0.2, 0.25) is 0 Å². The molecule has 3 rings (SSSR count). The van der Waals surface area contributed by atoms with E-state index >= 15 is 0 Å². The summed E-state index contributed by atoms with van der Waals surface area (Å²) in [6, 6.07) is 9.72. The van der Waals surface area contributed by atoms with Gasteiger partial charge in [-0.2, -0.15) is 0 Å². The molecule has 146 valence electrons. The quantitative estimate of drug-likeness (QED) is 0.591. The Labute approximate surface area is 169 Å². The number of sulfonamides is 1. The van der Waals surface area contributed by atoms with Gasteiger partial charge in [-0.25, -0.2) is 13.1 Å². The monoisotopic (exact) mass is 427 g/mol. The number of carbonyl (C=O) groups excluding carboxylic acids is 1. The van der Waals surface area contributed by atoms with Crippen molar-refractivity contribution in [3.8, 4) is 0 Å². The Bertz CT molecular complexity index is 879. The number of nitrogens with one attached hydrogen (secondary N) is 3. The van der Waals surface area contributed by atoms with Crippen LogP contribution in [-0.4, -0.2) is 34.0 Å². The predicted octanol–water partition coefficient (Wildman–Crippen LogP) is 2.30. The summed E-state index contributed by atoms with van der Waals surface area (Å²) in [4.78, 5) is 13.3. The van der Waals surface area contributed by atoms with Crippen molar-refractivity contribution >= 4 is 39.7 Å². The van der Waals surface area contributed by atoms with Crippen molar-refractivity contribution in [3.63, 3.8) is 0 Å². The van der Waals surface area contributed by atoms with Gasteiger partial charge in [-0.3, -0.25) is 4.79 Å². The lowest BCUT2D eigenvalue weighted by molar-refractivity contribution is 0.0956. The molecular formula is C18H22ClN3O3S2. The van der Waals surface area contributed by atoms with Crippen LogP contribution in [0.5, 0.6) is 0 Å². The van der Waals surface area contributed by atoms with E-state index in [1.165, 1.54) is 41.2 Å². The summed E-state index contributed by atoms with van der Waals surface area (Å²) >= 11 is 1.49. The number of thiophene rings is 1. The standard InChI is InChI=1S/C18H21N3O3S2.ClH/c22-18(20-12-14-7-9-19-10-8-14)15-3-5-17(6-4-15)26(23,24)21-13-16-2-1-11-25-16;/h1-7,11,19,21H,8-10,12-13H2,(H,20,22);1H. The first-order valence-electron chi connectivity index (χ1n) is 8.33. The van der Waals surface area contributed by atoms with Gasteiger partial charge in [0, 0.05) is 30.1 Å². The van der Waals surface area contributed by atoms with E-state index in [1.54, 1.807) is 0 Å². The van der Waals surface area contributed by atoms with Crippen LogP contribution in [0.1, 0.15) is 21.7 Å². The normalized spacial score (nSPS) is 14.1. The molecule has 0 saturated carbocycles. The van der Waals surface area contributed by atoms with Crippen molar-refractivity contribution < 1.29 is 13.2 Å². The molecule has 1 amide bonds. The van der Waals surface area contributed by atoms with Crippen LogP contribution >= 0.6 is 23.7 Å². The fourth-order valence-corrected chi connectivity index (χ4v) is 4.32. The maximum atomic E-state index is 12.3. The molecule has 1 aromatic carbocycles. The summed E-state index contributed by atoms with van der Waals surface area (Å²) in [7, 11) is -3.60.